The van der Waals surface area contributed by atoms with Gasteiger partial charge in [-0.3, -0.25) is 9.78 Å². The second kappa shape index (κ2) is 6.50. The highest BCUT2D eigenvalue weighted by molar-refractivity contribution is 5.76. The van der Waals surface area contributed by atoms with E-state index in [9.17, 15) is 9.90 Å². The molecule has 1 aromatic heterocycles. The van der Waals surface area contributed by atoms with Crippen LogP contribution >= 0.6 is 0 Å². The lowest BCUT2D eigenvalue weighted by Gasteiger charge is -2.30. The Labute approximate surface area is 108 Å². The van der Waals surface area contributed by atoms with Crippen LogP contribution in [0.3, 0.4) is 0 Å². The fraction of sp³-hybridized carbons (Fsp3) is 0.571. The second-order valence-electron chi connectivity index (χ2n) is 4.84. The first kappa shape index (κ1) is 13.0. The van der Waals surface area contributed by atoms with Gasteiger partial charge < -0.3 is 10.0 Å². The Morgan fingerprint density at radius 2 is 2.22 bits per heavy atom. The van der Waals surface area contributed by atoms with Crippen LogP contribution in [0.5, 0.6) is 0 Å². The predicted molar refractivity (Wildman–Crippen MR) is 69.0 cm³/mol. The number of piperidine rings is 1. The molecule has 0 aliphatic carbocycles. The van der Waals surface area contributed by atoms with Gasteiger partial charge >= 0.3 is 0 Å². The average molecular weight is 248 g/mol. The van der Waals surface area contributed by atoms with Gasteiger partial charge in [0, 0.05) is 31.9 Å². The van der Waals surface area contributed by atoms with Crippen LogP contribution in [0.15, 0.2) is 24.5 Å². The molecule has 0 spiro atoms. The van der Waals surface area contributed by atoms with Crippen LogP contribution in [-0.4, -0.2) is 40.1 Å². The van der Waals surface area contributed by atoms with Crippen LogP contribution < -0.4 is 0 Å². The maximum absolute atomic E-state index is 11.9. The molecule has 1 fully saturated rings. The lowest BCUT2D eigenvalue weighted by Crippen LogP contribution is -2.42. The molecule has 1 aliphatic rings. The van der Waals surface area contributed by atoms with Crippen LogP contribution in [0.2, 0.25) is 0 Å². The summed E-state index contributed by atoms with van der Waals surface area (Å²) in [4.78, 5) is 17.7. The Morgan fingerprint density at radius 3 is 2.94 bits per heavy atom. The summed E-state index contributed by atoms with van der Waals surface area (Å²) in [6.45, 7) is 1.30. The maximum Gasteiger partial charge on any atom is 0.222 e. The van der Waals surface area contributed by atoms with Gasteiger partial charge in [0.25, 0.3) is 0 Å². The number of likely N-dealkylation sites (tertiary alicyclic amines) is 1. The zero-order valence-corrected chi connectivity index (χ0v) is 10.6. The lowest BCUT2D eigenvalue weighted by molar-refractivity contribution is -0.134. The van der Waals surface area contributed by atoms with Crippen LogP contribution in [0.1, 0.15) is 31.2 Å². The van der Waals surface area contributed by atoms with Crippen molar-refractivity contribution in [2.24, 2.45) is 0 Å². The molecule has 1 unspecified atom stereocenters. The molecule has 1 N–H and O–H groups in total. The molecule has 1 saturated heterocycles. The minimum absolute atomic E-state index is 0.169. The predicted octanol–water partition coefficient (Wildman–Crippen LogP) is 1.39. The lowest BCUT2D eigenvalue weighted by atomic mass is 10.1. The third-order valence-corrected chi connectivity index (χ3v) is 3.35. The normalized spacial score (nSPS) is 19.8. The maximum atomic E-state index is 11.9. The number of carbonyl (C=O) groups is 1. The van der Waals surface area contributed by atoms with E-state index in [0.29, 0.717) is 13.0 Å². The summed E-state index contributed by atoms with van der Waals surface area (Å²) < 4.78 is 0. The molecule has 0 radical (unpaired) electrons. The Balaban J connectivity index is 1.71. The van der Waals surface area contributed by atoms with Gasteiger partial charge in [-0.25, -0.2) is 0 Å². The van der Waals surface area contributed by atoms with Crippen molar-refractivity contribution < 1.29 is 9.90 Å². The molecular weight excluding hydrogens is 228 g/mol. The van der Waals surface area contributed by atoms with Crippen LogP contribution in [0, 0.1) is 0 Å². The van der Waals surface area contributed by atoms with Crippen molar-refractivity contribution >= 4 is 5.91 Å². The van der Waals surface area contributed by atoms with Gasteiger partial charge in [0.2, 0.25) is 5.91 Å². The van der Waals surface area contributed by atoms with E-state index in [1.807, 2.05) is 12.1 Å². The summed E-state index contributed by atoms with van der Waals surface area (Å²) in [6.07, 6.45) is 7.28. The molecule has 0 aromatic carbocycles. The summed E-state index contributed by atoms with van der Waals surface area (Å²) in [5.41, 5.74) is 1.22. The highest BCUT2D eigenvalue weighted by atomic mass is 16.3. The molecule has 0 saturated carbocycles. The number of aliphatic hydroxyl groups is 1. The first-order chi connectivity index (χ1) is 8.75. The van der Waals surface area contributed by atoms with Crippen LogP contribution in [0.4, 0.5) is 0 Å². The molecule has 1 atom stereocenters. The highest BCUT2D eigenvalue weighted by Crippen LogP contribution is 2.12. The minimum atomic E-state index is -0.331. The van der Waals surface area contributed by atoms with E-state index in [2.05, 4.69) is 4.98 Å². The number of β-amino-alcohol motifs (C(OH)–C–C–N with tert-alkyl or cyclic N) is 1. The van der Waals surface area contributed by atoms with Gasteiger partial charge in [0.1, 0.15) is 0 Å². The van der Waals surface area contributed by atoms with E-state index >= 15 is 0 Å². The van der Waals surface area contributed by atoms with E-state index in [1.165, 1.54) is 5.56 Å². The zero-order chi connectivity index (χ0) is 12.8. The Kier molecular flexibility index (Phi) is 4.70. The van der Waals surface area contributed by atoms with Crippen LogP contribution in [-0.2, 0) is 11.2 Å². The van der Waals surface area contributed by atoms with Gasteiger partial charge in [-0.15, -0.1) is 0 Å². The average Bonchev–Trinajstić information content (AvgIpc) is 2.40. The van der Waals surface area contributed by atoms with Crippen molar-refractivity contribution in [3.05, 3.63) is 30.1 Å². The number of amides is 1. The second-order valence-corrected chi connectivity index (χ2v) is 4.84. The quantitative estimate of drug-likeness (QED) is 0.876. The SMILES string of the molecule is O=C(CCCc1ccncc1)N1CCCC(O)C1. The van der Waals surface area contributed by atoms with Gasteiger partial charge in [-0.05, 0) is 43.4 Å². The summed E-state index contributed by atoms with van der Waals surface area (Å²) in [5, 5.41) is 9.53. The number of carbonyl (C=O) groups excluding carboxylic acids is 1. The van der Waals surface area contributed by atoms with E-state index in [4.69, 9.17) is 0 Å². The van der Waals surface area contributed by atoms with Crippen molar-refractivity contribution in [3.63, 3.8) is 0 Å². The number of aromatic nitrogens is 1. The first-order valence-electron chi connectivity index (χ1n) is 6.60. The number of hydrogen-bond donors (Lipinski definition) is 1. The Bertz CT molecular complexity index is 381. The molecule has 98 valence electrons. The molecule has 1 aliphatic heterocycles. The standard InChI is InChI=1S/C14H20N2O2/c17-13-4-2-10-16(11-13)14(18)5-1-3-12-6-8-15-9-7-12/h6-9,13,17H,1-5,10-11H2. The molecule has 2 rings (SSSR count). The summed E-state index contributed by atoms with van der Waals surface area (Å²) in [5.74, 6) is 0.169. The third-order valence-electron chi connectivity index (χ3n) is 3.35. The number of nitrogens with zero attached hydrogens (tertiary/aromatic N) is 2. The van der Waals surface area contributed by atoms with E-state index < -0.39 is 0 Å². The summed E-state index contributed by atoms with van der Waals surface area (Å²) in [7, 11) is 0. The summed E-state index contributed by atoms with van der Waals surface area (Å²) >= 11 is 0. The van der Waals surface area contributed by atoms with Crippen molar-refractivity contribution in [2.75, 3.05) is 13.1 Å². The number of aryl methyl sites for hydroxylation is 1. The van der Waals surface area contributed by atoms with Crippen molar-refractivity contribution in [2.45, 2.75) is 38.2 Å². The Morgan fingerprint density at radius 1 is 1.44 bits per heavy atom. The molecule has 4 nitrogen and oxygen atoms in total. The Hall–Kier alpha value is -1.42. The van der Waals surface area contributed by atoms with E-state index in [1.54, 1.807) is 17.3 Å². The van der Waals surface area contributed by atoms with Gasteiger partial charge in [0.15, 0.2) is 0 Å². The van der Waals surface area contributed by atoms with Crippen molar-refractivity contribution in [3.8, 4) is 0 Å². The molecule has 18 heavy (non-hydrogen) atoms. The van der Waals surface area contributed by atoms with E-state index in [-0.39, 0.29) is 12.0 Å². The largest absolute Gasteiger partial charge is 0.391 e. The number of aliphatic hydroxyl groups excluding tert-OH is 1. The topological polar surface area (TPSA) is 53.4 Å². The van der Waals surface area contributed by atoms with Crippen LogP contribution in [0.25, 0.3) is 0 Å². The molecule has 1 aromatic rings. The molecule has 2 heterocycles. The van der Waals surface area contributed by atoms with Crippen molar-refractivity contribution in [1.29, 1.82) is 0 Å². The molecular formula is C14H20N2O2. The monoisotopic (exact) mass is 248 g/mol. The van der Waals surface area contributed by atoms with E-state index in [0.717, 1.165) is 32.2 Å². The smallest absolute Gasteiger partial charge is 0.222 e. The fourth-order valence-electron chi connectivity index (χ4n) is 2.33. The highest BCUT2D eigenvalue weighted by Gasteiger charge is 2.21. The third kappa shape index (κ3) is 3.81. The number of rotatable bonds is 4. The van der Waals surface area contributed by atoms with Gasteiger partial charge in [-0.2, -0.15) is 0 Å². The van der Waals surface area contributed by atoms with Gasteiger partial charge in [-0.1, -0.05) is 0 Å². The summed E-state index contributed by atoms with van der Waals surface area (Å²) in [6, 6.07) is 3.96. The number of pyridine rings is 1. The molecule has 4 heteroatoms. The van der Waals surface area contributed by atoms with Gasteiger partial charge in [0.05, 0.1) is 6.10 Å². The first-order valence-corrected chi connectivity index (χ1v) is 6.60. The molecule has 1 amide bonds. The molecule has 0 bridgehead atoms. The zero-order valence-electron chi connectivity index (χ0n) is 10.6. The fourth-order valence-corrected chi connectivity index (χ4v) is 2.33. The minimum Gasteiger partial charge on any atom is -0.391 e. The number of hydrogen-bond acceptors (Lipinski definition) is 3. The van der Waals surface area contributed by atoms with Crippen molar-refractivity contribution in [1.82, 2.24) is 9.88 Å².